The van der Waals surface area contributed by atoms with Crippen molar-refractivity contribution in [1.82, 2.24) is 20.3 Å². The molecule has 1 aromatic heterocycles. The zero-order valence-corrected chi connectivity index (χ0v) is 12.7. The summed E-state index contributed by atoms with van der Waals surface area (Å²) >= 11 is 6.03. The van der Waals surface area contributed by atoms with Gasteiger partial charge in [-0.15, -0.1) is 12.4 Å². The van der Waals surface area contributed by atoms with E-state index in [4.69, 9.17) is 16.3 Å². The van der Waals surface area contributed by atoms with Crippen LogP contribution < -0.4 is 15.1 Å². The summed E-state index contributed by atoms with van der Waals surface area (Å²) in [4.78, 5) is 17.2. The van der Waals surface area contributed by atoms with Crippen molar-refractivity contribution in [2.24, 2.45) is 0 Å². The molecule has 9 heteroatoms. The molecule has 0 aromatic carbocycles. The van der Waals surface area contributed by atoms with Crippen molar-refractivity contribution >= 4 is 35.9 Å². The first-order chi connectivity index (χ1) is 9.33. The minimum Gasteiger partial charge on any atom is -0.378 e. The fourth-order valence-electron chi connectivity index (χ4n) is 2.24. The van der Waals surface area contributed by atoms with Crippen molar-refractivity contribution in [3.63, 3.8) is 0 Å². The maximum absolute atomic E-state index is 6.03. The molecule has 3 heterocycles. The van der Waals surface area contributed by atoms with E-state index in [0.717, 1.165) is 39.3 Å². The summed E-state index contributed by atoms with van der Waals surface area (Å²) in [6.07, 6.45) is 0. The van der Waals surface area contributed by atoms with Crippen molar-refractivity contribution in [2.45, 2.75) is 0 Å². The Morgan fingerprint density at radius 2 is 1.45 bits per heavy atom. The van der Waals surface area contributed by atoms with Gasteiger partial charge in [-0.1, -0.05) is 0 Å². The maximum Gasteiger partial charge on any atom is 0.231 e. The molecule has 0 amide bonds. The van der Waals surface area contributed by atoms with Gasteiger partial charge >= 0.3 is 0 Å². The van der Waals surface area contributed by atoms with Crippen LogP contribution in [-0.2, 0) is 4.74 Å². The van der Waals surface area contributed by atoms with E-state index in [9.17, 15) is 0 Å². The molecule has 112 valence electrons. The lowest BCUT2D eigenvalue weighted by atomic mass is 10.4. The smallest absolute Gasteiger partial charge is 0.231 e. The van der Waals surface area contributed by atoms with Crippen molar-refractivity contribution in [1.29, 1.82) is 0 Å². The Morgan fingerprint density at radius 1 is 0.900 bits per heavy atom. The molecule has 0 bridgehead atoms. The molecule has 20 heavy (non-hydrogen) atoms. The zero-order chi connectivity index (χ0) is 13.1. The van der Waals surface area contributed by atoms with Gasteiger partial charge < -0.3 is 19.9 Å². The molecule has 2 saturated heterocycles. The lowest BCUT2D eigenvalue weighted by Gasteiger charge is -2.30. The number of piperazine rings is 1. The second-order valence-electron chi connectivity index (χ2n) is 4.54. The molecule has 0 saturated carbocycles. The van der Waals surface area contributed by atoms with Gasteiger partial charge in [0.2, 0.25) is 17.2 Å². The van der Waals surface area contributed by atoms with E-state index in [-0.39, 0.29) is 17.7 Å². The third kappa shape index (κ3) is 3.60. The van der Waals surface area contributed by atoms with E-state index in [0.29, 0.717) is 25.1 Å². The molecule has 0 unspecified atom stereocenters. The molecule has 3 rings (SSSR count). The fourth-order valence-corrected chi connectivity index (χ4v) is 2.39. The highest BCUT2D eigenvalue weighted by Gasteiger charge is 2.19. The number of aromatic nitrogens is 3. The first-order valence-electron chi connectivity index (χ1n) is 6.53. The van der Waals surface area contributed by atoms with Crippen LogP contribution in [0.4, 0.5) is 11.9 Å². The largest absolute Gasteiger partial charge is 0.378 e. The van der Waals surface area contributed by atoms with Crippen molar-refractivity contribution < 1.29 is 4.74 Å². The molecular weight excluding hydrogens is 303 g/mol. The Bertz CT molecular complexity index is 401. The Morgan fingerprint density at radius 3 is 2.05 bits per heavy atom. The molecular formula is C11H18Cl2N6O. The van der Waals surface area contributed by atoms with E-state index < -0.39 is 0 Å². The molecule has 1 aromatic rings. The standard InChI is InChI=1S/C11H17ClN6O.ClH/c12-9-14-10(17-3-1-13-2-4-17)16-11(15-9)18-5-7-19-8-6-18;/h13H,1-8H2;1H. The molecule has 7 nitrogen and oxygen atoms in total. The zero-order valence-electron chi connectivity index (χ0n) is 11.1. The van der Waals surface area contributed by atoms with E-state index >= 15 is 0 Å². The summed E-state index contributed by atoms with van der Waals surface area (Å²) in [6, 6.07) is 0. The lowest BCUT2D eigenvalue weighted by molar-refractivity contribution is 0.122. The van der Waals surface area contributed by atoms with Gasteiger partial charge in [0.05, 0.1) is 13.2 Å². The topological polar surface area (TPSA) is 66.4 Å². The van der Waals surface area contributed by atoms with Gasteiger partial charge in [0.15, 0.2) is 0 Å². The van der Waals surface area contributed by atoms with Crippen LogP contribution in [0.1, 0.15) is 0 Å². The van der Waals surface area contributed by atoms with Gasteiger partial charge in [-0.05, 0) is 11.6 Å². The van der Waals surface area contributed by atoms with Crippen LogP contribution in [0.15, 0.2) is 0 Å². The predicted octanol–water partition coefficient (Wildman–Crippen LogP) is 0.193. The number of hydrogen-bond acceptors (Lipinski definition) is 7. The van der Waals surface area contributed by atoms with E-state index in [1.165, 1.54) is 0 Å². The van der Waals surface area contributed by atoms with Gasteiger partial charge in [-0.25, -0.2) is 0 Å². The van der Waals surface area contributed by atoms with Crippen LogP contribution in [0.2, 0.25) is 5.28 Å². The minimum atomic E-state index is 0. The van der Waals surface area contributed by atoms with Crippen LogP contribution >= 0.6 is 24.0 Å². The van der Waals surface area contributed by atoms with Crippen LogP contribution in [0, 0.1) is 0 Å². The second kappa shape index (κ2) is 7.21. The SMILES string of the molecule is Cl.Clc1nc(N2CCNCC2)nc(N2CCOCC2)n1. The second-order valence-corrected chi connectivity index (χ2v) is 4.88. The summed E-state index contributed by atoms with van der Waals surface area (Å²) < 4.78 is 5.33. The van der Waals surface area contributed by atoms with Gasteiger partial charge in [0, 0.05) is 39.3 Å². The quantitative estimate of drug-likeness (QED) is 0.834. The first-order valence-corrected chi connectivity index (χ1v) is 6.91. The molecule has 0 spiro atoms. The Balaban J connectivity index is 0.00000147. The molecule has 1 N–H and O–H groups in total. The minimum absolute atomic E-state index is 0. The monoisotopic (exact) mass is 320 g/mol. The highest BCUT2D eigenvalue weighted by molar-refractivity contribution is 6.28. The molecule has 0 atom stereocenters. The number of hydrogen-bond donors (Lipinski definition) is 1. The Labute approximate surface area is 129 Å². The van der Waals surface area contributed by atoms with Crippen LogP contribution in [-0.4, -0.2) is 67.4 Å². The number of nitrogens with one attached hydrogen (secondary N) is 1. The van der Waals surface area contributed by atoms with Crippen molar-refractivity contribution in [2.75, 3.05) is 62.3 Å². The summed E-state index contributed by atoms with van der Waals surface area (Å²) in [5.41, 5.74) is 0. The average Bonchev–Trinajstić information content (AvgIpc) is 2.48. The number of rotatable bonds is 2. The number of morpholine rings is 1. The lowest BCUT2D eigenvalue weighted by Crippen LogP contribution is -2.44. The third-order valence-electron chi connectivity index (χ3n) is 3.28. The first kappa shape index (κ1) is 15.5. The van der Waals surface area contributed by atoms with Gasteiger partial charge in [0.25, 0.3) is 0 Å². The molecule has 2 aliphatic rings. The Kier molecular flexibility index (Phi) is 5.59. The van der Waals surface area contributed by atoms with E-state index in [1.807, 2.05) is 0 Å². The van der Waals surface area contributed by atoms with Crippen LogP contribution in [0.25, 0.3) is 0 Å². The average molecular weight is 321 g/mol. The number of halogens is 2. The molecule has 2 aliphatic heterocycles. The van der Waals surface area contributed by atoms with Crippen molar-refractivity contribution in [3.05, 3.63) is 5.28 Å². The summed E-state index contributed by atoms with van der Waals surface area (Å²) in [6.45, 7) is 6.65. The highest BCUT2D eigenvalue weighted by Crippen LogP contribution is 2.17. The van der Waals surface area contributed by atoms with E-state index in [1.54, 1.807) is 0 Å². The number of ether oxygens (including phenoxy) is 1. The van der Waals surface area contributed by atoms with Gasteiger partial charge in [-0.2, -0.15) is 15.0 Å². The van der Waals surface area contributed by atoms with Crippen molar-refractivity contribution in [3.8, 4) is 0 Å². The number of anilines is 2. The highest BCUT2D eigenvalue weighted by atomic mass is 35.5. The predicted molar refractivity (Wildman–Crippen MR) is 80.2 cm³/mol. The van der Waals surface area contributed by atoms with Gasteiger partial charge in [0.1, 0.15) is 0 Å². The number of nitrogens with zero attached hydrogens (tertiary/aromatic N) is 5. The summed E-state index contributed by atoms with van der Waals surface area (Å²) in [7, 11) is 0. The van der Waals surface area contributed by atoms with Gasteiger partial charge in [-0.3, -0.25) is 0 Å². The molecule has 0 aliphatic carbocycles. The normalized spacial score (nSPS) is 19.6. The van der Waals surface area contributed by atoms with Crippen LogP contribution in [0.5, 0.6) is 0 Å². The molecule has 0 radical (unpaired) electrons. The Hall–Kier alpha value is -0.890. The molecule has 2 fully saturated rings. The van der Waals surface area contributed by atoms with E-state index in [2.05, 4.69) is 30.1 Å². The summed E-state index contributed by atoms with van der Waals surface area (Å²) in [5.74, 6) is 1.32. The third-order valence-corrected chi connectivity index (χ3v) is 3.45. The fraction of sp³-hybridized carbons (Fsp3) is 0.727. The van der Waals surface area contributed by atoms with Crippen LogP contribution in [0.3, 0.4) is 0 Å². The summed E-state index contributed by atoms with van der Waals surface area (Å²) in [5, 5.41) is 3.56. The maximum atomic E-state index is 6.03.